The summed E-state index contributed by atoms with van der Waals surface area (Å²) in [5.74, 6) is 0.473. The van der Waals surface area contributed by atoms with Gasteiger partial charge in [-0.3, -0.25) is 14.6 Å². The fourth-order valence-electron chi connectivity index (χ4n) is 4.43. The minimum atomic E-state index is -0.126. The average molecular weight is 578 g/mol. The highest BCUT2D eigenvalue weighted by atomic mass is 35.5. The molecule has 2 amide bonds. The number of carbonyl (C=O) groups is 2. The number of fused-ring (bicyclic) bond motifs is 1. The van der Waals surface area contributed by atoms with Crippen LogP contribution in [0.25, 0.3) is 11.3 Å². The average Bonchev–Trinajstić information content (AvgIpc) is 3.53. The smallest absolute Gasteiger partial charge is 0.256 e. The fourth-order valence-corrected chi connectivity index (χ4v) is 4.43. The van der Waals surface area contributed by atoms with Gasteiger partial charge in [-0.1, -0.05) is 36.3 Å². The van der Waals surface area contributed by atoms with Crippen LogP contribution in [-0.4, -0.2) is 71.7 Å². The number of benzene rings is 2. The Hall–Kier alpha value is -3.11. The van der Waals surface area contributed by atoms with Gasteiger partial charge in [0.1, 0.15) is 6.54 Å². The van der Waals surface area contributed by atoms with Crippen molar-refractivity contribution < 1.29 is 14.1 Å². The first-order valence-corrected chi connectivity index (χ1v) is 12.7. The van der Waals surface area contributed by atoms with Crippen LogP contribution in [0.15, 0.2) is 53.1 Å². The van der Waals surface area contributed by atoms with E-state index in [4.69, 9.17) is 4.52 Å². The predicted octanol–water partition coefficient (Wildman–Crippen LogP) is 4.04. The molecule has 2 aromatic carbocycles. The van der Waals surface area contributed by atoms with Gasteiger partial charge in [-0.05, 0) is 55.3 Å². The van der Waals surface area contributed by atoms with Crippen LogP contribution in [0.3, 0.4) is 0 Å². The van der Waals surface area contributed by atoms with Crippen LogP contribution in [0.4, 0.5) is 5.69 Å². The fraction of sp³-hybridized carbons (Fsp3) is 0.393. The van der Waals surface area contributed by atoms with Crippen molar-refractivity contribution in [2.75, 3.05) is 45.1 Å². The maximum Gasteiger partial charge on any atom is 0.256 e. The molecular formula is C28H38Cl2N6O3. The number of aryl methyl sites for hydroxylation is 2. The maximum atomic E-state index is 13.2. The number of nitrogens with zero attached hydrogens (tertiary/aromatic N) is 4. The summed E-state index contributed by atoms with van der Waals surface area (Å²) in [7, 11) is 1.78. The van der Waals surface area contributed by atoms with Crippen molar-refractivity contribution in [3.8, 4) is 11.3 Å². The van der Waals surface area contributed by atoms with Gasteiger partial charge in [0.25, 0.3) is 5.91 Å². The molecule has 2 N–H and O–H groups in total. The molecule has 9 nitrogen and oxygen atoms in total. The van der Waals surface area contributed by atoms with Crippen LogP contribution >= 0.6 is 24.8 Å². The number of amides is 2. The number of carbonyl (C=O) groups excluding carboxylic acids is 2. The number of hydrazine groups is 1. The van der Waals surface area contributed by atoms with E-state index in [1.54, 1.807) is 17.0 Å². The minimum Gasteiger partial charge on any atom is -0.376 e. The first kappa shape index (κ1) is 32.1. The molecule has 0 saturated carbocycles. The molecule has 39 heavy (non-hydrogen) atoms. The quantitative estimate of drug-likeness (QED) is 0.333. The number of likely N-dealkylation sites (N-methyl/N-ethyl adjacent to an activating group) is 2. The van der Waals surface area contributed by atoms with Crippen LogP contribution in [0.1, 0.15) is 29.3 Å². The van der Waals surface area contributed by atoms with E-state index in [1.807, 2.05) is 62.2 Å². The second-order valence-corrected chi connectivity index (χ2v) is 9.39. The third-order valence-corrected chi connectivity index (χ3v) is 6.67. The Balaban J connectivity index is 0.00000267. The molecule has 3 aromatic rings. The van der Waals surface area contributed by atoms with Crippen LogP contribution in [-0.2, 0) is 22.7 Å². The molecule has 2 heterocycles. The first-order chi connectivity index (χ1) is 17.9. The third-order valence-electron chi connectivity index (χ3n) is 6.67. The summed E-state index contributed by atoms with van der Waals surface area (Å²) in [6, 6.07) is 16.0. The van der Waals surface area contributed by atoms with E-state index in [0.717, 1.165) is 29.1 Å². The first-order valence-electron chi connectivity index (χ1n) is 12.7. The lowest BCUT2D eigenvalue weighted by molar-refractivity contribution is -0.151. The second-order valence-electron chi connectivity index (χ2n) is 9.39. The summed E-state index contributed by atoms with van der Waals surface area (Å²) in [6.07, 6.45) is 0. The lowest BCUT2D eigenvalue weighted by Crippen LogP contribution is -2.49. The summed E-state index contributed by atoms with van der Waals surface area (Å²) in [5.41, 5.74) is 6.06. The molecule has 0 radical (unpaired) electrons. The molecular weight excluding hydrogens is 539 g/mol. The van der Waals surface area contributed by atoms with E-state index in [9.17, 15) is 9.59 Å². The Bertz CT molecular complexity index is 1230. The van der Waals surface area contributed by atoms with E-state index in [0.29, 0.717) is 31.9 Å². The molecule has 0 spiro atoms. The molecule has 0 fully saturated rings. The molecule has 0 unspecified atom stereocenters. The van der Waals surface area contributed by atoms with E-state index in [2.05, 4.69) is 27.9 Å². The van der Waals surface area contributed by atoms with Crippen molar-refractivity contribution in [2.45, 2.75) is 33.9 Å². The minimum absolute atomic E-state index is 0. The van der Waals surface area contributed by atoms with E-state index in [1.165, 1.54) is 11.1 Å². The zero-order chi connectivity index (χ0) is 26.4. The number of rotatable bonds is 11. The van der Waals surface area contributed by atoms with Crippen molar-refractivity contribution in [1.82, 2.24) is 25.4 Å². The number of halogens is 2. The van der Waals surface area contributed by atoms with Gasteiger partial charge < -0.3 is 20.1 Å². The van der Waals surface area contributed by atoms with Crippen molar-refractivity contribution in [1.29, 1.82) is 0 Å². The highest BCUT2D eigenvalue weighted by molar-refractivity contribution is 5.87. The highest BCUT2D eigenvalue weighted by Crippen LogP contribution is 2.26. The Morgan fingerprint density at radius 1 is 1.03 bits per heavy atom. The molecule has 1 aliphatic rings. The SMILES string of the molecule is CCNCCN(CC(=O)N(C)N1Cc2ccccc2C1)C(=O)CNc1ccc(-c2cc(C)no2)cc1C.Cl.Cl. The third kappa shape index (κ3) is 8.19. The summed E-state index contributed by atoms with van der Waals surface area (Å²) < 4.78 is 5.36. The summed E-state index contributed by atoms with van der Waals surface area (Å²) >= 11 is 0. The molecule has 0 atom stereocenters. The predicted molar refractivity (Wildman–Crippen MR) is 158 cm³/mol. The standard InChI is InChI=1S/C28H36N6O3.2ClH/c1-5-29-12-13-33(19-28(36)32(4)34-17-23-8-6-7-9-24(23)18-34)27(35)16-30-25-11-10-22(14-20(25)2)26-15-21(3)31-37-26;;/h6-11,14-15,29-30H,5,12-13,16-19H2,1-4H3;2*1H. The number of hydrogen-bond donors (Lipinski definition) is 2. The zero-order valence-electron chi connectivity index (χ0n) is 22.9. The molecule has 4 rings (SSSR count). The van der Waals surface area contributed by atoms with Gasteiger partial charge in [-0.25, -0.2) is 5.01 Å². The molecule has 1 aromatic heterocycles. The number of anilines is 1. The Labute approximate surface area is 242 Å². The summed E-state index contributed by atoms with van der Waals surface area (Å²) in [6.45, 7) is 9.27. The summed E-state index contributed by atoms with van der Waals surface area (Å²) in [4.78, 5) is 28.0. The van der Waals surface area contributed by atoms with Gasteiger partial charge >= 0.3 is 0 Å². The van der Waals surface area contributed by atoms with Gasteiger partial charge in [0.15, 0.2) is 5.76 Å². The van der Waals surface area contributed by atoms with Crippen LogP contribution in [0.2, 0.25) is 0 Å². The monoisotopic (exact) mass is 576 g/mol. The van der Waals surface area contributed by atoms with Gasteiger partial charge in [0.05, 0.1) is 12.2 Å². The van der Waals surface area contributed by atoms with E-state index in [-0.39, 0.29) is 49.7 Å². The molecule has 0 saturated heterocycles. The number of hydrogen-bond acceptors (Lipinski definition) is 7. The molecule has 0 bridgehead atoms. The Morgan fingerprint density at radius 2 is 1.72 bits per heavy atom. The van der Waals surface area contributed by atoms with Crippen molar-refractivity contribution >= 4 is 42.3 Å². The topological polar surface area (TPSA) is 94.0 Å². The van der Waals surface area contributed by atoms with Crippen molar-refractivity contribution in [2.24, 2.45) is 0 Å². The Morgan fingerprint density at radius 3 is 2.31 bits per heavy atom. The molecule has 11 heteroatoms. The van der Waals surface area contributed by atoms with E-state index < -0.39 is 0 Å². The molecule has 212 valence electrons. The Kier molecular flexibility index (Phi) is 12.3. The van der Waals surface area contributed by atoms with Gasteiger partial charge in [0, 0.05) is 50.5 Å². The maximum absolute atomic E-state index is 13.2. The number of aromatic nitrogens is 1. The molecule has 0 aliphatic carbocycles. The van der Waals surface area contributed by atoms with Crippen molar-refractivity contribution in [3.05, 3.63) is 70.9 Å². The van der Waals surface area contributed by atoms with Gasteiger partial charge in [-0.2, -0.15) is 0 Å². The zero-order valence-corrected chi connectivity index (χ0v) is 24.5. The molecule has 1 aliphatic heterocycles. The largest absolute Gasteiger partial charge is 0.376 e. The van der Waals surface area contributed by atoms with Gasteiger partial charge in [0.2, 0.25) is 5.91 Å². The van der Waals surface area contributed by atoms with Gasteiger partial charge in [-0.15, -0.1) is 24.8 Å². The summed E-state index contributed by atoms with van der Waals surface area (Å²) in [5, 5.41) is 14.1. The van der Waals surface area contributed by atoms with E-state index >= 15 is 0 Å². The lowest BCUT2D eigenvalue weighted by Gasteiger charge is -2.31. The highest BCUT2D eigenvalue weighted by Gasteiger charge is 2.27. The lowest BCUT2D eigenvalue weighted by atomic mass is 10.1. The normalized spacial score (nSPS) is 12.2. The van der Waals surface area contributed by atoms with Crippen molar-refractivity contribution in [3.63, 3.8) is 0 Å². The van der Waals surface area contributed by atoms with Crippen LogP contribution < -0.4 is 10.6 Å². The van der Waals surface area contributed by atoms with Crippen LogP contribution in [0.5, 0.6) is 0 Å². The second kappa shape index (κ2) is 14.9. The van der Waals surface area contributed by atoms with Crippen LogP contribution in [0, 0.1) is 13.8 Å². The number of nitrogens with one attached hydrogen (secondary N) is 2.